The lowest BCUT2D eigenvalue weighted by atomic mass is 10.3. The summed E-state index contributed by atoms with van der Waals surface area (Å²) in [4.78, 5) is 9.79. The van der Waals surface area contributed by atoms with E-state index in [1.807, 2.05) is 0 Å². The van der Waals surface area contributed by atoms with Gasteiger partial charge in [-0.3, -0.25) is 10.2 Å². The minimum absolute atomic E-state index is 0.153. The van der Waals surface area contributed by atoms with Crippen molar-refractivity contribution < 1.29 is 4.79 Å². The Balaban J connectivity index is 4.10. The molecule has 0 aliphatic heterocycles. The first-order chi connectivity index (χ1) is 4.20. The summed E-state index contributed by atoms with van der Waals surface area (Å²) in [7, 11) is 0. The third-order valence-electron chi connectivity index (χ3n) is 0.615. The molecular formula is C6H6ClNO. The van der Waals surface area contributed by atoms with E-state index in [9.17, 15) is 4.79 Å². The molecule has 0 heterocycles. The molecule has 0 radical (unpaired) electrons. The molecule has 3 heteroatoms. The number of halogens is 1. The van der Waals surface area contributed by atoms with Gasteiger partial charge in [0, 0.05) is 5.03 Å². The van der Waals surface area contributed by atoms with Gasteiger partial charge in [0.15, 0.2) is 6.29 Å². The third kappa shape index (κ3) is 3.67. The molecule has 0 unspecified atom stereocenters. The first-order valence-electron chi connectivity index (χ1n) is 2.24. The van der Waals surface area contributed by atoms with E-state index >= 15 is 0 Å². The van der Waals surface area contributed by atoms with Crippen molar-refractivity contribution in [2.75, 3.05) is 0 Å². The van der Waals surface area contributed by atoms with Crippen LogP contribution < -0.4 is 0 Å². The molecule has 0 aromatic rings. The van der Waals surface area contributed by atoms with E-state index < -0.39 is 0 Å². The predicted molar refractivity (Wildman–Crippen MR) is 37.9 cm³/mol. The summed E-state index contributed by atoms with van der Waals surface area (Å²) in [6.45, 7) is 3.34. The predicted octanol–water partition coefficient (Wildman–Crippen LogP) is 1.51. The molecule has 0 rings (SSSR count). The number of aldehydes is 1. The quantitative estimate of drug-likeness (QED) is 0.363. The largest absolute Gasteiger partial charge is 0.297 e. The number of hydrogen-bond acceptors (Lipinski definition) is 2. The van der Waals surface area contributed by atoms with Gasteiger partial charge in [-0.25, -0.2) is 0 Å². The van der Waals surface area contributed by atoms with Crippen LogP contribution in [0, 0.1) is 5.41 Å². The Morgan fingerprint density at radius 2 is 2.22 bits per heavy atom. The maximum absolute atomic E-state index is 9.79. The fraction of sp³-hybridized carbons (Fsp3) is 0. The second-order valence-electron chi connectivity index (χ2n) is 1.31. The Morgan fingerprint density at radius 1 is 1.67 bits per heavy atom. The molecule has 0 aliphatic carbocycles. The molecule has 48 valence electrons. The Morgan fingerprint density at radius 3 is 2.56 bits per heavy atom. The van der Waals surface area contributed by atoms with E-state index in [1.54, 1.807) is 0 Å². The summed E-state index contributed by atoms with van der Waals surface area (Å²) in [6, 6.07) is 0. The Kier molecular flexibility index (Phi) is 3.64. The first kappa shape index (κ1) is 8.11. The fourth-order valence-corrected chi connectivity index (χ4v) is 0.359. The third-order valence-corrected chi connectivity index (χ3v) is 0.879. The van der Waals surface area contributed by atoms with Gasteiger partial charge in [-0.15, -0.1) is 0 Å². The van der Waals surface area contributed by atoms with Crippen molar-refractivity contribution in [2.45, 2.75) is 0 Å². The highest BCUT2D eigenvalue weighted by atomic mass is 35.5. The van der Waals surface area contributed by atoms with Gasteiger partial charge < -0.3 is 0 Å². The molecule has 0 aromatic carbocycles. The van der Waals surface area contributed by atoms with Gasteiger partial charge in [0.05, 0.1) is 5.71 Å². The average molecular weight is 144 g/mol. The number of nitrogens with one attached hydrogen (secondary N) is 1. The van der Waals surface area contributed by atoms with E-state index in [4.69, 9.17) is 17.0 Å². The Labute approximate surface area is 58.3 Å². The number of allylic oxidation sites excluding steroid dienone is 3. The molecule has 1 N–H and O–H groups in total. The van der Waals surface area contributed by atoms with Crippen molar-refractivity contribution in [1.82, 2.24) is 0 Å². The SMILES string of the molecule is C=C/C(Cl)=C\C(=N)C=O. The van der Waals surface area contributed by atoms with E-state index in [-0.39, 0.29) is 5.71 Å². The van der Waals surface area contributed by atoms with E-state index in [1.165, 1.54) is 12.2 Å². The smallest absolute Gasteiger partial charge is 0.167 e. The second kappa shape index (κ2) is 4.04. The van der Waals surface area contributed by atoms with Gasteiger partial charge in [-0.2, -0.15) is 0 Å². The maximum atomic E-state index is 9.79. The minimum Gasteiger partial charge on any atom is -0.297 e. The molecule has 0 spiro atoms. The van der Waals surface area contributed by atoms with E-state index in [0.29, 0.717) is 11.3 Å². The highest BCUT2D eigenvalue weighted by Gasteiger charge is 1.87. The van der Waals surface area contributed by atoms with Gasteiger partial charge in [-0.1, -0.05) is 24.3 Å². The summed E-state index contributed by atoms with van der Waals surface area (Å²) in [6.07, 6.45) is 2.99. The van der Waals surface area contributed by atoms with Crippen LogP contribution in [0.25, 0.3) is 0 Å². The van der Waals surface area contributed by atoms with Crippen molar-refractivity contribution in [3.8, 4) is 0 Å². The molecule has 0 aliphatic rings. The Bertz CT molecular complexity index is 172. The van der Waals surface area contributed by atoms with Crippen molar-refractivity contribution in [3.63, 3.8) is 0 Å². The zero-order chi connectivity index (χ0) is 7.28. The van der Waals surface area contributed by atoms with Gasteiger partial charge in [0.1, 0.15) is 0 Å². The lowest BCUT2D eigenvalue weighted by Crippen LogP contribution is -1.90. The van der Waals surface area contributed by atoms with Gasteiger partial charge >= 0.3 is 0 Å². The van der Waals surface area contributed by atoms with Crippen LogP contribution in [0.4, 0.5) is 0 Å². The summed E-state index contributed by atoms with van der Waals surface area (Å²) in [5, 5.41) is 7.09. The van der Waals surface area contributed by atoms with Crippen LogP contribution >= 0.6 is 11.6 Å². The number of carbonyl (C=O) groups excluding carboxylic acids is 1. The number of carbonyl (C=O) groups is 1. The molecule has 0 saturated heterocycles. The highest BCUT2D eigenvalue weighted by molar-refractivity contribution is 6.38. The average Bonchev–Trinajstić information content (AvgIpc) is 1.87. The summed E-state index contributed by atoms with van der Waals surface area (Å²) >= 11 is 5.38. The number of rotatable bonds is 3. The molecular weight excluding hydrogens is 138 g/mol. The first-order valence-corrected chi connectivity index (χ1v) is 2.62. The molecule has 9 heavy (non-hydrogen) atoms. The summed E-state index contributed by atoms with van der Waals surface area (Å²) in [5.74, 6) is 0. The van der Waals surface area contributed by atoms with E-state index in [2.05, 4.69) is 6.58 Å². The van der Waals surface area contributed by atoms with Crippen molar-refractivity contribution in [1.29, 1.82) is 5.41 Å². The zero-order valence-corrected chi connectivity index (χ0v) is 5.48. The van der Waals surface area contributed by atoms with Crippen LogP contribution in [0.2, 0.25) is 0 Å². The van der Waals surface area contributed by atoms with Gasteiger partial charge in [-0.05, 0) is 6.08 Å². The van der Waals surface area contributed by atoms with Crippen LogP contribution in [0.1, 0.15) is 0 Å². The second-order valence-corrected chi connectivity index (χ2v) is 1.74. The zero-order valence-electron chi connectivity index (χ0n) is 4.73. The summed E-state index contributed by atoms with van der Waals surface area (Å²) in [5.41, 5.74) is -0.153. The molecule has 0 bridgehead atoms. The molecule has 0 saturated carbocycles. The van der Waals surface area contributed by atoms with Gasteiger partial charge in [0.25, 0.3) is 0 Å². The lowest BCUT2D eigenvalue weighted by Gasteiger charge is -1.82. The highest BCUT2D eigenvalue weighted by Crippen LogP contribution is 1.99. The normalized spacial score (nSPS) is 10.6. The molecule has 0 amide bonds. The topological polar surface area (TPSA) is 40.9 Å². The Hall–Kier alpha value is -0.890. The van der Waals surface area contributed by atoms with Gasteiger partial charge in [0.2, 0.25) is 0 Å². The van der Waals surface area contributed by atoms with Crippen LogP contribution in [0.3, 0.4) is 0 Å². The maximum Gasteiger partial charge on any atom is 0.167 e. The van der Waals surface area contributed by atoms with Crippen LogP contribution in [-0.2, 0) is 4.79 Å². The molecule has 0 fully saturated rings. The monoisotopic (exact) mass is 143 g/mol. The van der Waals surface area contributed by atoms with Crippen molar-refractivity contribution >= 4 is 23.6 Å². The molecule has 0 aromatic heterocycles. The van der Waals surface area contributed by atoms with Crippen LogP contribution in [0.5, 0.6) is 0 Å². The van der Waals surface area contributed by atoms with Crippen LogP contribution in [0.15, 0.2) is 23.8 Å². The van der Waals surface area contributed by atoms with Crippen molar-refractivity contribution in [2.24, 2.45) is 0 Å². The lowest BCUT2D eigenvalue weighted by molar-refractivity contribution is -0.102. The standard InChI is InChI=1S/C6H6ClNO/c1-2-5(7)3-6(8)4-9/h2-4,8H,1H2/b5-3+,8-6?. The summed E-state index contributed by atoms with van der Waals surface area (Å²) < 4.78 is 0. The van der Waals surface area contributed by atoms with Crippen molar-refractivity contribution in [3.05, 3.63) is 23.8 Å². The van der Waals surface area contributed by atoms with Crippen LogP contribution in [-0.4, -0.2) is 12.0 Å². The van der Waals surface area contributed by atoms with E-state index in [0.717, 1.165) is 0 Å². The fourth-order valence-electron chi connectivity index (χ4n) is 0.241. The number of hydrogen-bond donors (Lipinski definition) is 1. The molecule has 2 nitrogen and oxygen atoms in total. The molecule has 0 atom stereocenters. The minimum atomic E-state index is -0.153.